The van der Waals surface area contributed by atoms with E-state index in [0.717, 1.165) is 30.3 Å². The van der Waals surface area contributed by atoms with Crippen LogP contribution in [0.3, 0.4) is 0 Å². The molecule has 0 aliphatic rings. The first-order valence-electron chi connectivity index (χ1n) is 7.53. The third kappa shape index (κ3) is 4.57. The Morgan fingerprint density at radius 1 is 1.14 bits per heavy atom. The normalized spacial score (nSPS) is 10.9. The number of rotatable bonds is 6. The van der Waals surface area contributed by atoms with Gasteiger partial charge < -0.3 is 10.2 Å². The topological polar surface area (TPSA) is 28.2 Å². The molecule has 0 bridgehead atoms. The average molecular weight is 283 g/mol. The van der Waals surface area contributed by atoms with E-state index < -0.39 is 0 Å². The van der Waals surface area contributed by atoms with Crippen molar-refractivity contribution in [3.63, 3.8) is 0 Å². The molecule has 0 saturated heterocycles. The Balaban J connectivity index is 2.09. The third-order valence-electron chi connectivity index (χ3n) is 3.38. The molecule has 21 heavy (non-hydrogen) atoms. The quantitative estimate of drug-likeness (QED) is 0.871. The molecule has 3 nitrogen and oxygen atoms in total. The van der Waals surface area contributed by atoms with Gasteiger partial charge in [-0.2, -0.15) is 0 Å². The molecule has 0 spiro atoms. The second kappa shape index (κ2) is 7.23. The zero-order valence-corrected chi connectivity index (χ0v) is 13.4. The highest BCUT2D eigenvalue weighted by atomic mass is 15.2. The van der Waals surface area contributed by atoms with Crippen LogP contribution < -0.4 is 10.2 Å². The van der Waals surface area contributed by atoms with E-state index in [2.05, 4.69) is 74.4 Å². The summed E-state index contributed by atoms with van der Waals surface area (Å²) < 4.78 is 0. The summed E-state index contributed by atoms with van der Waals surface area (Å²) in [4.78, 5) is 6.86. The highest BCUT2D eigenvalue weighted by Crippen LogP contribution is 2.22. The van der Waals surface area contributed by atoms with Crippen LogP contribution in [-0.4, -0.2) is 18.6 Å². The van der Waals surface area contributed by atoms with Crippen LogP contribution in [0.2, 0.25) is 0 Å². The van der Waals surface area contributed by atoms with Crippen LogP contribution in [0.1, 0.15) is 25.1 Å². The van der Waals surface area contributed by atoms with Gasteiger partial charge in [-0.25, -0.2) is 4.98 Å². The SMILES string of the molecule is Cc1cccc(N(C)c2cccc(CNCC(C)C)n2)c1. The van der Waals surface area contributed by atoms with E-state index in [9.17, 15) is 0 Å². The lowest BCUT2D eigenvalue weighted by molar-refractivity contribution is 0.548. The molecule has 3 heteroatoms. The molecule has 0 fully saturated rings. The van der Waals surface area contributed by atoms with E-state index >= 15 is 0 Å². The molecule has 2 rings (SSSR count). The van der Waals surface area contributed by atoms with Crippen molar-refractivity contribution in [1.82, 2.24) is 10.3 Å². The van der Waals surface area contributed by atoms with Gasteiger partial charge in [-0.1, -0.05) is 32.0 Å². The number of hydrogen-bond acceptors (Lipinski definition) is 3. The number of anilines is 2. The number of hydrogen-bond donors (Lipinski definition) is 1. The summed E-state index contributed by atoms with van der Waals surface area (Å²) in [5, 5.41) is 3.44. The molecular formula is C18H25N3. The number of pyridine rings is 1. The molecule has 1 aromatic carbocycles. The summed E-state index contributed by atoms with van der Waals surface area (Å²) in [6, 6.07) is 14.7. The van der Waals surface area contributed by atoms with Crippen LogP contribution in [0.5, 0.6) is 0 Å². The van der Waals surface area contributed by atoms with Crippen molar-refractivity contribution in [2.24, 2.45) is 5.92 Å². The molecule has 1 aromatic heterocycles. The Morgan fingerprint density at radius 3 is 2.62 bits per heavy atom. The van der Waals surface area contributed by atoms with Gasteiger partial charge in [0.25, 0.3) is 0 Å². The average Bonchev–Trinajstić information content (AvgIpc) is 2.46. The molecule has 0 radical (unpaired) electrons. The molecule has 0 atom stereocenters. The smallest absolute Gasteiger partial charge is 0.133 e. The van der Waals surface area contributed by atoms with Crippen LogP contribution in [0.15, 0.2) is 42.5 Å². The van der Waals surface area contributed by atoms with Gasteiger partial charge in [-0.05, 0) is 49.2 Å². The molecule has 0 aliphatic carbocycles. The molecule has 112 valence electrons. The fourth-order valence-corrected chi connectivity index (χ4v) is 2.21. The molecular weight excluding hydrogens is 258 g/mol. The van der Waals surface area contributed by atoms with Gasteiger partial charge in [-0.3, -0.25) is 0 Å². The molecule has 0 saturated carbocycles. The van der Waals surface area contributed by atoms with Gasteiger partial charge >= 0.3 is 0 Å². The van der Waals surface area contributed by atoms with Gasteiger partial charge in [0.15, 0.2) is 0 Å². The molecule has 0 amide bonds. The van der Waals surface area contributed by atoms with Crippen LogP contribution in [0.4, 0.5) is 11.5 Å². The molecule has 1 N–H and O–H groups in total. The second-order valence-electron chi connectivity index (χ2n) is 5.91. The first-order chi connectivity index (χ1) is 10.1. The molecule has 0 aliphatic heterocycles. The first kappa shape index (κ1) is 15.5. The maximum atomic E-state index is 4.74. The van der Waals surface area contributed by atoms with Crippen molar-refractivity contribution in [1.29, 1.82) is 0 Å². The van der Waals surface area contributed by atoms with Gasteiger partial charge in [-0.15, -0.1) is 0 Å². The van der Waals surface area contributed by atoms with E-state index in [1.807, 2.05) is 6.07 Å². The standard InChI is InChI=1S/C18H25N3/c1-14(2)12-19-13-16-8-6-10-18(20-16)21(4)17-9-5-7-15(3)11-17/h5-11,14,19H,12-13H2,1-4H3. The van der Waals surface area contributed by atoms with Crippen molar-refractivity contribution in [2.45, 2.75) is 27.3 Å². The lowest BCUT2D eigenvalue weighted by Gasteiger charge is -2.19. The predicted molar refractivity (Wildman–Crippen MR) is 90.0 cm³/mol. The Morgan fingerprint density at radius 2 is 1.90 bits per heavy atom. The summed E-state index contributed by atoms with van der Waals surface area (Å²) in [6.07, 6.45) is 0. The minimum atomic E-state index is 0.656. The third-order valence-corrected chi connectivity index (χ3v) is 3.38. The number of benzene rings is 1. The number of nitrogens with zero attached hydrogens (tertiary/aromatic N) is 2. The van der Waals surface area contributed by atoms with Crippen LogP contribution in [-0.2, 0) is 6.54 Å². The van der Waals surface area contributed by atoms with Gasteiger partial charge in [0.1, 0.15) is 5.82 Å². The van der Waals surface area contributed by atoms with Crippen molar-refractivity contribution in [3.8, 4) is 0 Å². The Bertz CT molecular complexity index is 578. The van der Waals surface area contributed by atoms with Crippen LogP contribution in [0.25, 0.3) is 0 Å². The van der Waals surface area contributed by atoms with E-state index in [-0.39, 0.29) is 0 Å². The van der Waals surface area contributed by atoms with Gasteiger partial charge in [0, 0.05) is 19.3 Å². The molecule has 0 unspecified atom stereocenters. The first-order valence-corrected chi connectivity index (χ1v) is 7.53. The maximum Gasteiger partial charge on any atom is 0.133 e. The highest BCUT2D eigenvalue weighted by molar-refractivity contribution is 5.59. The summed E-state index contributed by atoms with van der Waals surface area (Å²) in [7, 11) is 2.06. The van der Waals surface area contributed by atoms with Gasteiger partial charge in [0.2, 0.25) is 0 Å². The second-order valence-corrected chi connectivity index (χ2v) is 5.91. The monoisotopic (exact) mass is 283 g/mol. The predicted octanol–water partition coefficient (Wildman–Crippen LogP) is 3.90. The fourth-order valence-electron chi connectivity index (χ4n) is 2.21. The fraction of sp³-hybridized carbons (Fsp3) is 0.389. The number of nitrogens with one attached hydrogen (secondary N) is 1. The van der Waals surface area contributed by atoms with Crippen molar-refractivity contribution in [2.75, 3.05) is 18.5 Å². The molecule has 1 heterocycles. The van der Waals surface area contributed by atoms with Crippen LogP contribution in [0, 0.1) is 12.8 Å². The van der Waals surface area contributed by atoms with Crippen molar-refractivity contribution in [3.05, 3.63) is 53.7 Å². The Hall–Kier alpha value is -1.87. The Labute approximate surface area is 128 Å². The van der Waals surface area contributed by atoms with Crippen LogP contribution >= 0.6 is 0 Å². The summed E-state index contributed by atoms with van der Waals surface area (Å²) in [5.41, 5.74) is 3.50. The molecule has 2 aromatic rings. The minimum absolute atomic E-state index is 0.656. The van der Waals surface area contributed by atoms with E-state index in [0.29, 0.717) is 5.92 Å². The van der Waals surface area contributed by atoms with Crippen molar-refractivity contribution >= 4 is 11.5 Å². The lowest BCUT2D eigenvalue weighted by Crippen LogP contribution is -2.20. The Kier molecular flexibility index (Phi) is 5.34. The maximum absolute atomic E-state index is 4.74. The minimum Gasteiger partial charge on any atom is -0.329 e. The lowest BCUT2D eigenvalue weighted by atomic mass is 10.2. The van der Waals surface area contributed by atoms with E-state index in [1.165, 1.54) is 5.56 Å². The highest BCUT2D eigenvalue weighted by Gasteiger charge is 2.06. The number of aryl methyl sites for hydroxylation is 1. The zero-order valence-electron chi connectivity index (χ0n) is 13.4. The zero-order chi connectivity index (χ0) is 15.2. The van der Waals surface area contributed by atoms with E-state index in [1.54, 1.807) is 0 Å². The van der Waals surface area contributed by atoms with E-state index in [4.69, 9.17) is 4.98 Å². The van der Waals surface area contributed by atoms with Gasteiger partial charge in [0.05, 0.1) is 5.69 Å². The summed E-state index contributed by atoms with van der Waals surface area (Å²) in [5.74, 6) is 1.63. The van der Waals surface area contributed by atoms with Crippen molar-refractivity contribution < 1.29 is 0 Å². The summed E-state index contributed by atoms with van der Waals surface area (Å²) >= 11 is 0. The number of aromatic nitrogens is 1. The largest absolute Gasteiger partial charge is 0.329 e. The summed E-state index contributed by atoms with van der Waals surface area (Å²) in [6.45, 7) is 8.36.